The molecule has 3 N–H and O–H groups in total. The molecule has 1 fully saturated rings. The summed E-state index contributed by atoms with van der Waals surface area (Å²) in [7, 11) is 0. The van der Waals surface area contributed by atoms with Gasteiger partial charge in [-0.25, -0.2) is 16.3 Å². The summed E-state index contributed by atoms with van der Waals surface area (Å²) in [6, 6.07) is 22.3. The number of hydrogen-bond donors (Lipinski definition) is 3. The van der Waals surface area contributed by atoms with Crippen molar-refractivity contribution in [3.8, 4) is 5.75 Å². The van der Waals surface area contributed by atoms with Gasteiger partial charge in [0.25, 0.3) is 5.91 Å². The molecule has 0 spiro atoms. The number of carbonyl (C=O) groups excluding carboxylic acids is 1. The quantitative estimate of drug-likeness (QED) is 0.326. The molecule has 1 saturated heterocycles. The van der Waals surface area contributed by atoms with Crippen molar-refractivity contribution in [1.29, 1.82) is 0 Å². The molecule has 2 atom stereocenters. The average Bonchev–Trinajstić information content (AvgIpc) is 3.33. The first kappa shape index (κ1) is 23.3. The Bertz CT molecular complexity index is 1130. The first-order chi connectivity index (χ1) is 16.0. The molecule has 1 aliphatic heterocycles. The van der Waals surface area contributed by atoms with Crippen molar-refractivity contribution in [2.24, 2.45) is 5.10 Å². The van der Waals surface area contributed by atoms with Gasteiger partial charge in [0.1, 0.15) is 18.4 Å². The Hall–Kier alpha value is -2.90. The Labute approximate surface area is 202 Å². The molecule has 0 saturated carbocycles. The number of rotatable bonds is 7. The van der Waals surface area contributed by atoms with Crippen LogP contribution in [0.15, 0.2) is 77.9 Å². The smallest absolute Gasteiger partial charge is 0.258 e. The topological polar surface area (TPSA) is 74.8 Å². The number of ether oxygens (including phenoxy) is 1. The summed E-state index contributed by atoms with van der Waals surface area (Å²) < 4.78 is 5.84. The highest BCUT2D eigenvalue weighted by Gasteiger charge is 2.30. The van der Waals surface area contributed by atoms with Crippen LogP contribution in [0.4, 0.5) is 0 Å². The molecule has 3 aromatic rings. The normalized spacial score (nSPS) is 18.2. The number of hydrazone groups is 1. The van der Waals surface area contributed by atoms with Gasteiger partial charge in [0.15, 0.2) is 0 Å². The molecule has 1 heterocycles. The zero-order valence-corrected chi connectivity index (χ0v) is 19.5. The van der Waals surface area contributed by atoms with Crippen LogP contribution < -0.4 is 21.0 Å². The van der Waals surface area contributed by atoms with Gasteiger partial charge in [-0.05, 0) is 54.8 Å². The Balaban J connectivity index is 1.29. The van der Waals surface area contributed by atoms with E-state index in [9.17, 15) is 4.79 Å². The SMILES string of the molecule is C/C(=N/NC(=O)C1CC(c2ccc(OCc3ccccc3Cl)cc2)NN1)c1ccc(Cl)cc1. The molecule has 33 heavy (non-hydrogen) atoms. The van der Waals surface area contributed by atoms with Crippen LogP contribution in [0.1, 0.15) is 36.1 Å². The maximum Gasteiger partial charge on any atom is 0.258 e. The average molecular weight is 483 g/mol. The van der Waals surface area contributed by atoms with Gasteiger partial charge in [0, 0.05) is 21.7 Å². The number of carbonyl (C=O) groups is 1. The number of nitrogens with zero attached hydrogens (tertiary/aromatic N) is 1. The number of benzene rings is 3. The minimum atomic E-state index is -0.395. The van der Waals surface area contributed by atoms with Crippen LogP contribution in [-0.4, -0.2) is 17.7 Å². The molecule has 0 aliphatic carbocycles. The highest BCUT2D eigenvalue weighted by atomic mass is 35.5. The predicted molar refractivity (Wildman–Crippen MR) is 131 cm³/mol. The minimum Gasteiger partial charge on any atom is -0.489 e. The zero-order chi connectivity index (χ0) is 23.2. The number of hydrazine groups is 1. The Kier molecular flexibility index (Phi) is 7.62. The molecule has 3 aromatic carbocycles. The Morgan fingerprint density at radius 2 is 1.76 bits per heavy atom. The highest BCUT2D eigenvalue weighted by Crippen LogP contribution is 2.25. The molecule has 8 heteroatoms. The lowest BCUT2D eigenvalue weighted by molar-refractivity contribution is -0.122. The second-order valence-electron chi connectivity index (χ2n) is 7.76. The van der Waals surface area contributed by atoms with E-state index in [1.54, 1.807) is 12.1 Å². The van der Waals surface area contributed by atoms with Crippen molar-refractivity contribution in [1.82, 2.24) is 16.3 Å². The largest absolute Gasteiger partial charge is 0.489 e. The minimum absolute atomic E-state index is 0.000269. The number of amides is 1. The molecule has 4 rings (SSSR count). The molecule has 0 radical (unpaired) electrons. The standard InChI is InChI=1S/C25H24Cl2N4O2/c1-16(17-6-10-20(26)11-7-17)28-31-25(32)24-14-23(29-30-24)18-8-12-21(13-9-18)33-15-19-4-2-3-5-22(19)27/h2-13,23-24,29-30H,14-15H2,1H3,(H,31,32)/b28-16-. The van der Waals surface area contributed by atoms with Crippen molar-refractivity contribution in [2.75, 3.05) is 0 Å². The second-order valence-corrected chi connectivity index (χ2v) is 8.60. The van der Waals surface area contributed by atoms with Gasteiger partial charge >= 0.3 is 0 Å². The third-order valence-corrected chi connectivity index (χ3v) is 6.07. The van der Waals surface area contributed by atoms with Crippen LogP contribution in [0.5, 0.6) is 5.75 Å². The Morgan fingerprint density at radius 3 is 2.48 bits per heavy atom. The fraction of sp³-hybridized carbons (Fsp3) is 0.200. The molecule has 170 valence electrons. The fourth-order valence-electron chi connectivity index (χ4n) is 3.49. The van der Waals surface area contributed by atoms with Gasteiger partial charge < -0.3 is 4.74 Å². The number of nitrogens with one attached hydrogen (secondary N) is 3. The van der Waals surface area contributed by atoms with E-state index in [-0.39, 0.29) is 11.9 Å². The summed E-state index contributed by atoms with van der Waals surface area (Å²) >= 11 is 12.1. The van der Waals surface area contributed by atoms with E-state index in [4.69, 9.17) is 27.9 Å². The van der Waals surface area contributed by atoms with E-state index in [2.05, 4.69) is 21.4 Å². The summed E-state index contributed by atoms with van der Waals surface area (Å²) in [5.41, 5.74) is 12.5. The van der Waals surface area contributed by atoms with E-state index in [1.165, 1.54) is 0 Å². The monoisotopic (exact) mass is 482 g/mol. The van der Waals surface area contributed by atoms with Gasteiger partial charge in [-0.1, -0.05) is 65.7 Å². The van der Waals surface area contributed by atoms with E-state index in [0.717, 1.165) is 22.4 Å². The molecular formula is C25H24Cl2N4O2. The van der Waals surface area contributed by atoms with E-state index in [1.807, 2.05) is 67.6 Å². The lowest BCUT2D eigenvalue weighted by Gasteiger charge is -2.12. The summed E-state index contributed by atoms with van der Waals surface area (Å²) in [6.07, 6.45) is 0.598. The number of hydrogen-bond acceptors (Lipinski definition) is 5. The first-order valence-corrected chi connectivity index (χ1v) is 11.3. The molecule has 1 aliphatic rings. The summed E-state index contributed by atoms with van der Waals surface area (Å²) in [5.74, 6) is 0.559. The second kappa shape index (κ2) is 10.8. The lowest BCUT2D eigenvalue weighted by Crippen LogP contribution is -2.41. The van der Waals surface area contributed by atoms with Crippen molar-refractivity contribution in [2.45, 2.75) is 32.0 Å². The number of halogens is 2. The van der Waals surface area contributed by atoms with Gasteiger partial charge in [0.2, 0.25) is 0 Å². The summed E-state index contributed by atoms with van der Waals surface area (Å²) in [5, 5.41) is 5.55. The van der Waals surface area contributed by atoms with Crippen LogP contribution in [0.3, 0.4) is 0 Å². The van der Waals surface area contributed by atoms with Gasteiger partial charge in [-0.3, -0.25) is 4.79 Å². The molecule has 2 unspecified atom stereocenters. The molecule has 1 amide bonds. The fourth-order valence-corrected chi connectivity index (χ4v) is 3.81. The maximum atomic E-state index is 12.5. The Morgan fingerprint density at radius 1 is 1.03 bits per heavy atom. The summed E-state index contributed by atoms with van der Waals surface area (Å²) in [4.78, 5) is 12.5. The third kappa shape index (κ3) is 6.12. The van der Waals surface area contributed by atoms with Crippen LogP contribution in [0, 0.1) is 0 Å². The van der Waals surface area contributed by atoms with Gasteiger partial charge in [0.05, 0.1) is 5.71 Å². The van der Waals surface area contributed by atoms with Crippen molar-refractivity contribution < 1.29 is 9.53 Å². The zero-order valence-electron chi connectivity index (χ0n) is 18.0. The first-order valence-electron chi connectivity index (χ1n) is 10.6. The van der Waals surface area contributed by atoms with E-state index < -0.39 is 6.04 Å². The highest BCUT2D eigenvalue weighted by molar-refractivity contribution is 6.31. The van der Waals surface area contributed by atoms with Gasteiger partial charge in [-0.2, -0.15) is 5.10 Å². The maximum absolute atomic E-state index is 12.5. The van der Waals surface area contributed by atoms with Crippen LogP contribution in [0.2, 0.25) is 10.0 Å². The van der Waals surface area contributed by atoms with Crippen molar-refractivity contribution in [3.05, 3.63) is 99.5 Å². The molecular weight excluding hydrogens is 459 g/mol. The van der Waals surface area contributed by atoms with Crippen molar-refractivity contribution >= 4 is 34.8 Å². The predicted octanol–water partition coefficient (Wildman–Crippen LogP) is 5.02. The van der Waals surface area contributed by atoms with Crippen LogP contribution >= 0.6 is 23.2 Å². The lowest BCUT2D eigenvalue weighted by atomic mass is 10.0. The van der Waals surface area contributed by atoms with Crippen LogP contribution in [0.25, 0.3) is 0 Å². The van der Waals surface area contributed by atoms with Crippen molar-refractivity contribution in [3.63, 3.8) is 0 Å². The summed E-state index contributed by atoms with van der Waals surface area (Å²) in [6.45, 7) is 2.24. The molecule has 0 bridgehead atoms. The van der Waals surface area contributed by atoms with Gasteiger partial charge in [-0.15, -0.1) is 0 Å². The van der Waals surface area contributed by atoms with E-state index >= 15 is 0 Å². The third-order valence-electron chi connectivity index (χ3n) is 5.45. The van der Waals surface area contributed by atoms with E-state index in [0.29, 0.717) is 28.8 Å². The molecule has 0 aromatic heterocycles. The van der Waals surface area contributed by atoms with Crippen LogP contribution in [-0.2, 0) is 11.4 Å². The molecule has 6 nitrogen and oxygen atoms in total.